The third-order valence-electron chi connectivity index (χ3n) is 2.86. The average Bonchev–Trinajstić information content (AvgIpc) is 2.56. The third-order valence-corrected chi connectivity index (χ3v) is 2.86. The Bertz CT molecular complexity index is 477. The highest BCUT2D eigenvalue weighted by Gasteiger charge is 2.32. The van der Waals surface area contributed by atoms with Crippen LogP contribution in [0.4, 0.5) is 5.69 Å². The number of ether oxygens (including phenoxy) is 1. The number of rotatable bonds is 0. The molecule has 4 N–H and O–H groups in total. The summed E-state index contributed by atoms with van der Waals surface area (Å²) in [5.41, 5.74) is 14.2. The summed E-state index contributed by atoms with van der Waals surface area (Å²) in [6.45, 7) is 0. The minimum atomic E-state index is 0.0779. The van der Waals surface area contributed by atoms with Gasteiger partial charge in [0.25, 0.3) is 0 Å². The van der Waals surface area contributed by atoms with Crippen molar-refractivity contribution in [3.05, 3.63) is 47.7 Å². The van der Waals surface area contributed by atoms with Gasteiger partial charge in [-0.05, 0) is 36.4 Å². The highest BCUT2D eigenvalue weighted by molar-refractivity contribution is 5.55. The van der Waals surface area contributed by atoms with Gasteiger partial charge in [-0.1, -0.05) is 0 Å². The third kappa shape index (κ3) is 1.20. The van der Waals surface area contributed by atoms with Gasteiger partial charge >= 0.3 is 0 Å². The summed E-state index contributed by atoms with van der Waals surface area (Å²) in [7, 11) is 0. The van der Waals surface area contributed by atoms with Crippen LogP contribution in [0.15, 0.2) is 42.1 Å². The van der Waals surface area contributed by atoms with E-state index < -0.39 is 0 Å². The van der Waals surface area contributed by atoms with E-state index in [4.69, 9.17) is 16.2 Å². The molecule has 0 saturated heterocycles. The molecule has 76 valence electrons. The van der Waals surface area contributed by atoms with Gasteiger partial charge in [0.15, 0.2) is 0 Å². The maximum Gasteiger partial charge on any atom is 0.128 e. The average molecular weight is 200 g/mol. The molecule has 1 aliphatic carbocycles. The highest BCUT2D eigenvalue weighted by atomic mass is 16.5. The van der Waals surface area contributed by atoms with E-state index in [0.29, 0.717) is 0 Å². The zero-order chi connectivity index (χ0) is 10.4. The van der Waals surface area contributed by atoms with Crippen LogP contribution in [-0.2, 0) is 0 Å². The standard InChI is InChI=1S/C12H12N2O/c13-7-1-3-11-9(5-7)10-6-8(14)2-4-12(10)15-11/h1-6,9,11H,13-14H2. The number of anilines is 1. The summed E-state index contributed by atoms with van der Waals surface area (Å²) in [6, 6.07) is 5.73. The van der Waals surface area contributed by atoms with Gasteiger partial charge in [-0.25, -0.2) is 0 Å². The first kappa shape index (κ1) is 8.41. The van der Waals surface area contributed by atoms with E-state index in [1.165, 1.54) is 0 Å². The van der Waals surface area contributed by atoms with Gasteiger partial charge in [-0.15, -0.1) is 0 Å². The Hall–Kier alpha value is -1.90. The fourth-order valence-corrected chi connectivity index (χ4v) is 2.14. The van der Waals surface area contributed by atoms with Crippen LogP contribution >= 0.6 is 0 Å². The molecular formula is C12H12N2O. The normalized spacial score (nSPS) is 26.5. The summed E-state index contributed by atoms with van der Waals surface area (Å²) < 4.78 is 5.77. The first-order valence-electron chi connectivity index (χ1n) is 4.95. The number of benzene rings is 1. The minimum Gasteiger partial charge on any atom is -0.485 e. The van der Waals surface area contributed by atoms with Crippen LogP contribution in [-0.4, -0.2) is 6.10 Å². The van der Waals surface area contributed by atoms with Gasteiger partial charge < -0.3 is 16.2 Å². The maximum absolute atomic E-state index is 5.77. The second-order valence-electron chi connectivity index (χ2n) is 3.93. The van der Waals surface area contributed by atoms with Crippen molar-refractivity contribution in [2.75, 3.05) is 5.73 Å². The second kappa shape index (κ2) is 2.79. The van der Waals surface area contributed by atoms with E-state index in [1.807, 2.05) is 36.4 Å². The van der Waals surface area contributed by atoms with Crippen molar-refractivity contribution in [2.45, 2.75) is 12.0 Å². The van der Waals surface area contributed by atoms with Crippen LogP contribution in [0, 0.1) is 0 Å². The monoisotopic (exact) mass is 200 g/mol. The van der Waals surface area contributed by atoms with Gasteiger partial charge in [0.05, 0.1) is 0 Å². The first-order valence-corrected chi connectivity index (χ1v) is 4.95. The van der Waals surface area contributed by atoms with E-state index in [1.54, 1.807) is 0 Å². The molecule has 1 aromatic carbocycles. The maximum atomic E-state index is 5.77. The molecule has 2 unspecified atom stereocenters. The van der Waals surface area contributed by atoms with Crippen molar-refractivity contribution in [1.29, 1.82) is 0 Å². The molecule has 0 amide bonds. The number of hydrogen-bond acceptors (Lipinski definition) is 3. The van der Waals surface area contributed by atoms with E-state index >= 15 is 0 Å². The summed E-state index contributed by atoms with van der Waals surface area (Å²) in [6.07, 6.45) is 5.98. The summed E-state index contributed by atoms with van der Waals surface area (Å²) in [4.78, 5) is 0. The number of nitrogen functional groups attached to an aromatic ring is 1. The molecule has 2 atom stereocenters. The number of allylic oxidation sites excluding steroid dienone is 1. The number of fused-ring (bicyclic) bond motifs is 3. The molecule has 3 rings (SSSR count). The Morgan fingerprint density at radius 2 is 2.07 bits per heavy atom. The topological polar surface area (TPSA) is 61.3 Å². The quantitative estimate of drug-likeness (QED) is 0.624. The SMILES string of the molecule is NC1=CC2c3cc(N)ccc3OC2C=C1. The molecule has 1 aromatic rings. The van der Waals surface area contributed by atoms with E-state index in [9.17, 15) is 0 Å². The smallest absolute Gasteiger partial charge is 0.128 e. The lowest BCUT2D eigenvalue weighted by atomic mass is 9.91. The molecule has 0 radical (unpaired) electrons. The van der Waals surface area contributed by atoms with Crippen LogP contribution in [0.5, 0.6) is 5.75 Å². The Morgan fingerprint density at radius 3 is 2.93 bits per heavy atom. The first-order chi connectivity index (χ1) is 7.24. The fraction of sp³-hybridized carbons (Fsp3) is 0.167. The molecule has 0 aromatic heterocycles. The lowest BCUT2D eigenvalue weighted by Gasteiger charge is -2.16. The van der Waals surface area contributed by atoms with Crippen molar-refractivity contribution in [2.24, 2.45) is 5.73 Å². The Labute approximate surface area is 88.0 Å². The van der Waals surface area contributed by atoms with E-state index in [0.717, 1.165) is 22.7 Å². The van der Waals surface area contributed by atoms with E-state index in [-0.39, 0.29) is 12.0 Å². The highest BCUT2D eigenvalue weighted by Crippen LogP contribution is 2.42. The number of nitrogens with two attached hydrogens (primary N) is 2. The Morgan fingerprint density at radius 1 is 1.20 bits per heavy atom. The zero-order valence-electron chi connectivity index (χ0n) is 8.18. The van der Waals surface area contributed by atoms with Crippen LogP contribution < -0.4 is 16.2 Å². The van der Waals surface area contributed by atoms with Crippen molar-refractivity contribution < 1.29 is 4.74 Å². The molecule has 15 heavy (non-hydrogen) atoms. The van der Waals surface area contributed by atoms with Crippen LogP contribution in [0.1, 0.15) is 11.5 Å². The second-order valence-corrected chi connectivity index (χ2v) is 3.93. The van der Waals surface area contributed by atoms with Gasteiger partial charge in [-0.3, -0.25) is 0 Å². The minimum absolute atomic E-state index is 0.0779. The predicted octanol–water partition coefficient (Wildman–Crippen LogP) is 1.53. The molecule has 0 bridgehead atoms. The molecule has 3 nitrogen and oxygen atoms in total. The molecule has 3 heteroatoms. The molecular weight excluding hydrogens is 188 g/mol. The van der Waals surface area contributed by atoms with Crippen molar-refractivity contribution in [3.63, 3.8) is 0 Å². The van der Waals surface area contributed by atoms with Gasteiger partial charge in [0.1, 0.15) is 11.9 Å². The van der Waals surface area contributed by atoms with Crippen LogP contribution in [0.3, 0.4) is 0 Å². The summed E-state index contributed by atoms with van der Waals surface area (Å²) in [5, 5.41) is 0. The van der Waals surface area contributed by atoms with Crippen LogP contribution in [0.25, 0.3) is 0 Å². The lowest BCUT2D eigenvalue weighted by Crippen LogP contribution is -2.18. The summed E-state index contributed by atoms with van der Waals surface area (Å²) >= 11 is 0. The summed E-state index contributed by atoms with van der Waals surface area (Å²) in [5.74, 6) is 1.13. The van der Waals surface area contributed by atoms with Crippen molar-refractivity contribution >= 4 is 5.69 Å². The lowest BCUT2D eigenvalue weighted by molar-refractivity contribution is 0.268. The number of hydrogen-bond donors (Lipinski definition) is 2. The predicted molar refractivity (Wildman–Crippen MR) is 59.4 cm³/mol. The van der Waals surface area contributed by atoms with Crippen molar-refractivity contribution in [1.82, 2.24) is 0 Å². The Balaban J connectivity index is 2.11. The molecule has 0 saturated carbocycles. The van der Waals surface area contributed by atoms with Gasteiger partial charge in [0, 0.05) is 22.9 Å². The van der Waals surface area contributed by atoms with Crippen LogP contribution in [0.2, 0.25) is 0 Å². The molecule has 1 aliphatic heterocycles. The molecule has 1 heterocycles. The molecule has 2 aliphatic rings. The fourth-order valence-electron chi connectivity index (χ4n) is 2.14. The Kier molecular flexibility index (Phi) is 1.57. The van der Waals surface area contributed by atoms with Crippen molar-refractivity contribution in [3.8, 4) is 5.75 Å². The van der Waals surface area contributed by atoms with Gasteiger partial charge in [0.2, 0.25) is 0 Å². The largest absolute Gasteiger partial charge is 0.485 e. The molecule has 0 fully saturated rings. The van der Waals surface area contributed by atoms with Gasteiger partial charge in [-0.2, -0.15) is 0 Å². The molecule has 0 spiro atoms. The van der Waals surface area contributed by atoms with E-state index in [2.05, 4.69) is 0 Å². The zero-order valence-corrected chi connectivity index (χ0v) is 8.18.